The second kappa shape index (κ2) is 55.5. The molecule has 12 N–H and O–H groups in total. The number of likely N-dealkylation sites (N-methyl/N-ethyl adjacent to an activating group) is 1. The fraction of sp³-hybridized carbons (Fsp3) is 0.559. The summed E-state index contributed by atoms with van der Waals surface area (Å²) in [7, 11) is 1.94. The lowest BCUT2D eigenvalue weighted by molar-refractivity contribution is -0.150. The lowest BCUT2D eigenvalue weighted by atomic mass is 9.91. The fourth-order valence-corrected chi connectivity index (χ4v) is 15.5. The molecule has 7 rings (SSSR count). The summed E-state index contributed by atoms with van der Waals surface area (Å²) < 4.78 is 33.8. The molecule has 33 nitrogen and oxygen atoms in total. The van der Waals surface area contributed by atoms with Gasteiger partial charge in [0, 0.05) is 92.4 Å². The number of aromatic hydroxyl groups is 1. The van der Waals surface area contributed by atoms with Gasteiger partial charge in [0.25, 0.3) is 5.91 Å². The number of piperidine rings is 1. The molecular weight excluding hydrogens is 1650 g/mol. The van der Waals surface area contributed by atoms with E-state index in [-0.39, 0.29) is 170 Å². The summed E-state index contributed by atoms with van der Waals surface area (Å²) >= 11 is 1.13. The van der Waals surface area contributed by atoms with Crippen LogP contribution in [0.1, 0.15) is 214 Å². The Bertz CT molecular complexity index is 4430. The number of unbranched alkanes of at least 4 members (excludes halogenated alkanes) is 4. The Balaban J connectivity index is 0.818. The van der Waals surface area contributed by atoms with E-state index in [2.05, 4.69) is 66.8 Å². The van der Waals surface area contributed by atoms with Crippen LogP contribution in [0, 0.1) is 35.5 Å². The number of amides is 12. The Morgan fingerprint density at radius 1 is 0.646 bits per heavy atom. The van der Waals surface area contributed by atoms with Gasteiger partial charge in [0.1, 0.15) is 41.2 Å². The third-order valence-electron chi connectivity index (χ3n) is 22.1. The van der Waals surface area contributed by atoms with Crippen molar-refractivity contribution in [3.63, 3.8) is 0 Å². The van der Waals surface area contributed by atoms with Crippen molar-refractivity contribution < 1.29 is 91.1 Å². The van der Waals surface area contributed by atoms with Crippen molar-refractivity contribution in [2.24, 2.45) is 29.4 Å². The normalized spacial score (nSPS) is 14.9. The summed E-state index contributed by atoms with van der Waals surface area (Å²) in [5.41, 5.74) is 14.7. The summed E-state index contributed by atoms with van der Waals surface area (Å²) in [4.78, 5) is 172. The van der Waals surface area contributed by atoms with E-state index in [1.807, 2.05) is 93.1 Å². The van der Waals surface area contributed by atoms with Crippen molar-refractivity contribution in [3.05, 3.63) is 141 Å². The number of phenols is 1. The molecule has 3 heterocycles. The highest BCUT2D eigenvalue weighted by Crippen LogP contribution is 2.34. The van der Waals surface area contributed by atoms with Crippen LogP contribution < -0.4 is 58.7 Å². The number of hydrogen-bond donors (Lipinski definition) is 11. The Labute approximate surface area is 750 Å². The number of aromatic nitrogens is 1. The molecule has 0 radical (unpaired) electrons. The molecule has 0 spiro atoms. The van der Waals surface area contributed by atoms with Gasteiger partial charge in [0.2, 0.25) is 47.3 Å². The maximum absolute atomic E-state index is 15.2. The van der Waals surface area contributed by atoms with Gasteiger partial charge in [0.05, 0.1) is 71.1 Å². The lowest BCUT2D eigenvalue weighted by Gasteiger charge is -2.40. The number of nitrogens with one attached hydrogen (secondary N) is 9. The number of benzene rings is 4. The molecule has 1 fully saturated rings. The zero-order chi connectivity index (χ0) is 92.2. The van der Waals surface area contributed by atoms with E-state index in [1.54, 1.807) is 67.4 Å². The van der Waals surface area contributed by atoms with Crippen LogP contribution in [0.15, 0.2) is 102 Å². The topological polar surface area (TPSA) is 437 Å². The molecule has 1 saturated heterocycles. The third kappa shape index (κ3) is 36.3. The second-order valence-corrected chi connectivity index (χ2v) is 33.7. The quantitative estimate of drug-likeness (QED) is 0.00747. The van der Waals surface area contributed by atoms with Gasteiger partial charge in [-0.1, -0.05) is 160 Å². The number of rotatable bonds is 54. The number of nitrogens with two attached hydrogens (primary N) is 1. The number of nitrogens with zero attached hydrogens (tertiary/aromatic N) is 4. The van der Waals surface area contributed by atoms with Crippen LogP contribution in [0.3, 0.4) is 0 Å². The summed E-state index contributed by atoms with van der Waals surface area (Å²) in [6.07, 6.45) is 6.68. The van der Waals surface area contributed by atoms with Gasteiger partial charge in [-0.25, -0.2) is 20.0 Å². The van der Waals surface area contributed by atoms with Gasteiger partial charge in [0.15, 0.2) is 6.10 Å². The number of thiazole rings is 1. The molecule has 127 heavy (non-hydrogen) atoms. The fourth-order valence-electron chi connectivity index (χ4n) is 14.7. The molecule has 2 aliphatic heterocycles. The Hall–Kier alpha value is -11.1. The number of carbonyl (C=O) groups is 12. The highest BCUT2D eigenvalue weighted by atomic mass is 32.1. The SMILES string of the molecule is CCCCCCCN(C(=O)[C@@H](NC(=O)[C@H]1CCCCN1C)[C@@H](C)CC)[C@H](C[C@@H](OC(C)=O)c1nc(C(=O)N[C@@H](Cc2ccc(O)cc2)C[C@H](C)C(=O)NNC(=O)OCc2ccc(NC(=O)[C@H](CCCNC(N)=O)NC(=O)[C@@H](NC(=O)CCOCCOCCOCCOCCNC(=O)CCC(=O)N3Cc4ccccc4C#Cc4ccccc43)C(C)C)cc2)cs1)C(C)C. The Morgan fingerprint density at radius 2 is 1.31 bits per heavy atom. The van der Waals surface area contributed by atoms with Crippen molar-refractivity contribution in [2.45, 2.75) is 227 Å². The molecule has 9 atom stereocenters. The molecule has 1 aromatic heterocycles. The van der Waals surface area contributed by atoms with E-state index in [0.717, 1.165) is 85.1 Å². The molecule has 4 aromatic carbocycles. The first-order chi connectivity index (χ1) is 61.0. The van der Waals surface area contributed by atoms with Crippen molar-refractivity contribution in [1.29, 1.82) is 0 Å². The van der Waals surface area contributed by atoms with Gasteiger partial charge >= 0.3 is 18.1 Å². The molecule has 34 heteroatoms. The summed E-state index contributed by atoms with van der Waals surface area (Å²) in [5.74, 6) is 0.523. The van der Waals surface area contributed by atoms with Crippen LogP contribution in [-0.4, -0.2) is 213 Å². The average molecular weight is 1780 g/mol. The predicted octanol–water partition coefficient (Wildman–Crippen LogP) is 9.32. The molecule has 12 amide bonds. The van der Waals surface area contributed by atoms with Crippen LogP contribution in [0.25, 0.3) is 0 Å². The number of hydrazine groups is 1. The van der Waals surface area contributed by atoms with E-state index in [9.17, 15) is 57.8 Å². The second-order valence-electron chi connectivity index (χ2n) is 32.8. The Morgan fingerprint density at radius 3 is 1.98 bits per heavy atom. The first-order valence-corrected chi connectivity index (χ1v) is 45.2. The molecule has 694 valence electrons. The molecule has 0 aliphatic carbocycles. The largest absolute Gasteiger partial charge is 0.508 e. The van der Waals surface area contributed by atoms with E-state index < -0.39 is 95.8 Å². The van der Waals surface area contributed by atoms with Gasteiger partial charge in [-0.15, -0.1) is 11.3 Å². The van der Waals surface area contributed by atoms with Gasteiger partial charge in [-0.2, -0.15) is 0 Å². The molecular formula is C93H132N14O19S. The highest BCUT2D eigenvalue weighted by Gasteiger charge is 2.40. The molecule has 5 aromatic rings. The number of esters is 1. The maximum Gasteiger partial charge on any atom is 0.426 e. The number of phenolic OH excluding ortho intramolecular Hbond substituents is 1. The summed E-state index contributed by atoms with van der Waals surface area (Å²) in [5, 5.41) is 31.8. The van der Waals surface area contributed by atoms with Crippen molar-refractivity contribution in [1.82, 2.24) is 57.5 Å². The minimum atomic E-state index is -1.14. The van der Waals surface area contributed by atoms with Crippen LogP contribution in [0.4, 0.5) is 21.0 Å². The van der Waals surface area contributed by atoms with Crippen molar-refractivity contribution >= 4 is 94.0 Å². The first-order valence-electron chi connectivity index (χ1n) is 44.4. The lowest BCUT2D eigenvalue weighted by Crippen LogP contribution is -2.59. The molecule has 0 bridgehead atoms. The smallest absolute Gasteiger partial charge is 0.426 e. The number of ether oxygens (including phenoxy) is 6. The van der Waals surface area contributed by atoms with E-state index in [0.29, 0.717) is 54.5 Å². The van der Waals surface area contributed by atoms with Crippen LogP contribution in [0.2, 0.25) is 0 Å². The number of hydrogen-bond acceptors (Lipinski definition) is 22. The van der Waals surface area contributed by atoms with Crippen LogP contribution in [-0.2, 0) is 91.1 Å². The molecule has 2 aliphatic rings. The van der Waals surface area contributed by atoms with E-state index in [1.165, 1.54) is 19.1 Å². The maximum atomic E-state index is 15.2. The molecule has 0 saturated carbocycles. The first kappa shape index (κ1) is 103. The number of anilines is 2. The highest BCUT2D eigenvalue weighted by molar-refractivity contribution is 7.09. The average Bonchev–Trinajstić information content (AvgIpc) is 1.30. The number of primary amides is 1. The van der Waals surface area contributed by atoms with Gasteiger partial charge < -0.3 is 86.3 Å². The number of para-hydroxylation sites is 1. The number of likely N-dealkylation sites (tertiary alicyclic amines) is 1. The standard InChI is InChI=1S/C93H132N14O19S/c1-11-13-14-15-21-46-106(91(118)84(63(7)12-2)102-88(116)77-29-20-22-45-105(77)10)78(61(3)4)57-79(126-65(9)108)90-100-75(60-127-90)87(115)98-72(56-66-32-38-73(109)39-33-66)55-64(8)85(113)103-104-93(120)125-59-67-30-36-71(37-31-67)97-86(114)74(27-23-43-96-92(94)119)99-89(117)83(62(5)6)101-81(111)42-47-121-49-51-123-53-54-124-52-50-122-48-44-95-80(110)40-41-82(112)107-58-70-26-17-16-24-68(70)34-35-69-25-18-19-28-76(69)107/h16-19,24-26,28,30-33,36-39,60-64,72,74,77-79,83-84,109H,11-15,20-23,27,29,40-59H2,1-10H3,(H,95,110)(H,97,114)(H,98,115)(H,99,117)(H,101,111)(H,102,116)(H,103,113)(H,104,120)(H3,94,96,119)/t63-,64-,72+,74-,77+,78+,79+,83-,84-/m0/s1. The van der Waals surface area contributed by atoms with Gasteiger partial charge in [-0.05, 0) is 135 Å². The summed E-state index contributed by atoms with van der Waals surface area (Å²) in [6, 6.07) is 22.5. The Kier molecular flexibility index (Phi) is 45.0. The minimum absolute atomic E-state index is 0.0180. The van der Waals surface area contributed by atoms with Gasteiger partial charge in [-0.3, -0.25) is 58.3 Å². The van der Waals surface area contributed by atoms with E-state index >= 15 is 4.79 Å². The number of urea groups is 1. The zero-order valence-electron chi connectivity index (χ0n) is 75.2. The van der Waals surface area contributed by atoms with E-state index in [4.69, 9.17) is 39.1 Å². The predicted molar refractivity (Wildman–Crippen MR) is 481 cm³/mol. The number of fused-ring (bicyclic) bond motifs is 2. The van der Waals surface area contributed by atoms with Crippen molar-refractivity contribution in [2.75, 3.05) is 96.3 Å². The molecule has 0 unspecified atom stereocenters. The monoisotopic (exact) mass is 1780 g/mol. The van der Waals surface area contributed by atoms with Crippen molar-refractivity contribution in [3.8, 4) is 17.6 Å². The zero-order valence-corrected chi connectivity index (χ0v) is 76.0. The van der Waals surface area contributed by atoms with Crippen LogP contribution in [0.5, 0.6) is 5.75 Å². The third-order valence-corrected chi connectivity index (χ3v) is 23.0. The number of carbonyl (C=O) groups excluding carboxylic acids is 12. The van der Waals surface area contributed by atoms with Crippen LogP contribution >= 0.6 is 11.3 Å². The minimum Gasteiger partial charge on any atom is -0.508 e. The summed E-state index contributed by atoms with van der Waals surface area (Å²) in [6.45, 7) is 20.0.